The molecule has 0 bridgehead atoms. The van der Waals surface area contributed by atoms with E-state index in [1.54, 1.807) is 0 Å². The standard InChI is InChI=1S/C9H19FN2/c1-8(2)12-5-4-11(3)9(6-10)7-12/h8-9H,4-7H2,1-3H3/t9-/m0/s1. The summed E-state index contributed by atoms with van der Waals surface area (Å²) in [5.41, 5.74) is 0. The zero-order chi connectivity index (χ0) is 9.14. The molecule has 0 amide bonds. The van der Waals surface area contributed by atoms with E-state index in [1.165, 1.54) is 0 Å². The van der Waals surface area contributed by atoms with Crippen molar-refractivity contribution in [3.8, 4) is 0 Å². The van der Waals surface area contributed by atoms with Gasteiger partial charge in [0.2, 0.25) is 0 Å². The van der Waals surface area contributed by atoms with Gasteiger partial charge >= 0.3 is 0 Å². The van der Waals surface area contributed by atoms with Crippen LogP contribution in [0.15, 0.2) is 0 Å². The zero-order valence-corrected chi connectivity index (χ0v) is 8.26. The molecule has 0 aromatic carbocycles. The van der Waals surface area contributed by atoms with Gasteiger partial charge in [-0.05, 0) is 20.9 Å². The van der Waals surface area contributed by atoms with Crippen LogP contribution in [0.5, 0.6) is 0 Å². The fourth-order valence-corrected chi connectivity index (χ4v) is 1.61. The molecule has 0 spiro atoms. The summed E-state index contributed by atoms with van der Waals surface area (Å²) in [6.45, 7) is 7.06. The Hall–Kier alpha value is -0.150. The summed E-state index contributed by atoms with van der Waals surface area (Å²) in [5, 5.41) is 0. The first-order valence-electron chi connectivity index (χ1n) is 4.65. The smallest absolute Gasteiger partial charge is 0.106 e. The molecule has 2 nitrogen and oxygen atoms in total. The van der Waals surface area contributed by atoms with Gasteiger partial charge in [-0.3, -0.25) is 9.80 Å². The molecule has 3 heteroatoms. The molecule has 0 N–H and O–H groups in total. The van der Waals surface area contributed by atoms with Gasteiger partial charge in [-0.15, -0.1) is 0 Å². The van der Waals surface area contributed by atoms with Gasteiger partial charge < -0.3 is 0 Å². The van der Waals surface area contributed by atoms with Crippen molar-refractivity contribution in [3.05, 3.63) is 0 Å². The molecule has 0 aromatic heterocycles. The Labute approximate surface area is 74.3 Å². The Kier molecular flexibility index (Phi) is 3.47. The van der Waals surface area contributed by atoms with Gasteiger partial charge in [-0.1, -0.05) is 0 Å². The maximum absolute atomic E-state index is 12.5. The van der Waals surface area contributed by atoms with Crippen LogP contribution in [0, 0.1) is 0 Å². The van der Waals surface area contributed by atoms with Gasteiger partial charge in [0.1, 0.15) is 6.67 Å². The average molecular weight is 174 g/mol. The molecular formula is C9H19FN2. The molecule has 1 atom stereocenters. The third-order valence-corrected chi connectivity index (χ3v) is 2.72. The van der Waals surface area contributed by atoms with Crippen molar-refractivity contribution in [3.63, 3.8) is 0 Å². The summed E-state index contributed by atoms with van der Waals surface area (Å²) >= 11 is 0. The Morgan fingerprint density at radius 2 is 2.08 bits per heavy atom. The number of likely N-dealkylation sites (N-methyl/N-ethyl adjacent to an activating group) is 1. The summed E-state index contributed by atoms with van der Waals surface area (Å²) in [6.07, 6.45) is 0. The first kappa shape index (κ1) is 9.93. The molecule has 1 aliphatic rings. The fraction of sp³-hybridized carbons (Fsp3) is 1.00. The van der Waals surface area contributed by atoms with Crippen molar-refractivity contribution in [2.45, 2.75) is 25.9 Å². The van der Waals surface area contributed by atoms with Gasteiger partial charge in [0.15, 0.2) is 0 Å². The molecule has 1 rings (SSSR count). The fourth-order valence-electron chi connectivity index (χ4n) is 1.61. The second-order valence-corrected chi connectivity index (χ2v) is 3.88. The van der Waals surface area contributed by atoms with Crippen LogP contribution in [-0.4, -0.2) is 55.2 Å². The SMILES string of the molecule is CC(C)N1CCN(C)[C@@H](CF)C1. The molecule has 1 fully saturated rings. The molecule has 0 radical (unpaired) electrons. The van der Waals surface area contributed by atoms with Gasteiger partial charge in [0.25, 0.3) is 0 Å². The van der Waals surface area contributed by atoms with E-state index in [0.29, 0.717) is 6.04 Å². The normalized spacial score (nSPS) is 28.2. The number of rotatable bonds is 2. The zero-order valence-electron chi connectivity index (χ0n) is 8.26. The predicted octanol–water partition coefficient (Wildman–Crippen LogP) is 0.980. The van der Waals surface area contributed by atoms with Crippen molar-refractivity contribution in [1.29, 1.82) is 0 Å². The Morgan fingerprint density at radius 1 is 1.42 bits per heavy atom. The van der Waals surface area contributed by atoms with Crippen LogP contribution in [0.4, 0.5) is 4.39 Å². The molecular weight excluding hydrogens is 155 g/mol. The van der Waals surface area contributed by atoms with Gasteiger partial charge in [0.05, 0.1) is 6.04 Å². The van der Waals surface area contributed by atoms with Crippen molar-refractivity contribution in [1.82, 2.24) is 9.80 Å². The maximum Gasteiger partial charge on any atom is 0.106 e. The quantitative estimate of drug-likeness (QED) is 0.616. The molecule has 1 aliphatic heterocycles. The van der Waals surface area contributed by atoms with Crippen LogP contribution in [0.2, 0.25) is 0 Å². The first-order chi connectivity index (χ1) is 5.65. The number of nitrogens with zero attached hydrogens (tertiary/aromatic N) is 2. The molecule has 1 saturated heterocycles. The monoisotopic (exact) mass is 174 g/mol. The maximum atomic E-state index is 12.5. The number of hydrogen-bond donors (Lipinski definition) is 0. The van der Waals surface area contributed by atoms with E-state index in [0.717, 1.165) is 19.6 Å². The summed E-state index contributed by atoms with van der Waals surface area (Å²) in [4.78, 5) is 4.45. The minimum absolute atomic E-state index is 0.112. The molecule has 1 heterocycles. The molecule has 72 valence electrons. The van der Waals surface area contributed by atoms with Crippen LogP contribution in [0.3, 0.4) is 0 Å². The third kappa shape index (κ3) is 2.17. The highest BCUT2D eigenvalue weighted by Gasteiger charge is 2.25. The number of halogens is 1. The lowest BCUT2D eigenvalue weighted by molar-refractivity contribution is 0.0618. The van der Waals surface area contributed by atoms with E-state index in [9.17, 15) is 4.39 Å². The number of piperazine rings is 1. The lowest BCUT2D eigenvalue weighted by Gasteiger charge is -2.40. The topological polar surface area (TPSA) is 6.48 Å². The first-order valence-corrected chi connectivity index (χ1v) is 4.65. The van der Waals surface area contributed by atoms with Gasteiger partial charge in [-0.25, -0.2) is 4.39 Å². The predicted molar refractivity (Wildman–Crippen MR) is 49.1 cm³/mol. The second kappa shape index (κ2) is 4.19. The second-order valence-electron chi connectivity index (χ2n) is 3.88. The average Bonchev–Trinajstić information content (AvgIpc) is 2.05. The highest BCUT2D eigenvalue weighted by molar-refractivity contribution is 4.80. The van der Waals surface area contributed by atoms with Crippen LogP contribution in [0.1, 0.15) is 13.8 Å². The van der Waals surface area contributed by atoms with E-state index in [2.05, 4.69) is 23.6 Å². The lowest BCUT2D eigenvalue weighted by atomic mass is 10.1. The van der Waals surface area contributed by atoms with Crippen LogP contribution >= 0.6 is 0 Å². The van der Waals surface area contributed by atoms with E-state index in [4.69, 9.17) is 0 Å². The molecule has 0 unspecified atom stereocenters. The molecule has 0 saturated carbocycles. The molecule has 0 aromatic rings. The van der Waals surface area contributed by atoms with Crippen molar-refractivity contribution < 1.29 is 4.39 Å². The Morgan fingerprint density at radius 3 is 2.58 bits per heavy atom. The highest BCUT2D eigenvalue weighted by Crippen LogP contribution is 2.10. The highest BCUT2D eigenvalue weighted by atomic mass is 19.1. The number of hydrogen-bond acceptors (Lipinski definition) is 2. The van der Waals surface area contributed by atoms with Crippen molar-refractivity contribution in [2.75, 3.05) is 33.4 Å². The minimum Gasteiger partial charge on any atom is -0.298 e. The number of alkyl halides is 1. The minimum atomic E-state index is -0.222. The van der Waals surface area contributed by atoms with E-state index < -0.39 is 0 Å². The van der Waals surface area contributed by atoms with Crippen LogP contribution in [0.25, 0.3) is 0 Å². The third-order valence-electron chi connectivity index (χ3n) is 2.72. The van der Waals surface area contributed by atoms with Crippen molar-refractivity contribution >= 4 is 0 Å². The summed E-state index contributed by atoms with van der Waals surface area (Å²) in [6, 6.07) is 0.661. The lowest BCUT2D eigenvalue weighted by Crippen LogP contribution is -2.54. The Balaban J connectivity index is 2.44. The summed E-state index contributed by atoms with van der Waals surface area (Å²) in [7, 11) is 2.00. The van der Waals surface area contributed by atoms with Crippen LogP contribution in [-0.2, 0) is 0 Å². The van der Waals surface area contributed by atoms with Crippen molar-refractivity contribution in [2.24, 2.45) is 0 Å². The van der Waals surface area contributed by atoms with E-state index in [-0.39, 0.29) is 12.7 Å². The summed E-state index contributed by atoms with van der Waals surface area (Å²) < 4.78 is 12.5. The molecule has 0 aliphatic carbocycles. The van der Waals surface area contributed by atoms with Crippen LogP contribution < -0.4 is 0 Å². The Bertz CT molecular complexity index is 138. The van der Waals surface area contributed by atoms with E-state index >= 15 is 0 Å². The van der Waals surface area contributed by atoms with Gasteiger partial charge in [-0.2, -0.15) is 0 Å². The summed E-state index contributed by atoms with van der Waals surface area (Å²) in [5.74, 6) is 0. The largest absolute Gasteiger partial charge is 0.298 e. The van der Waals surface area contributed by atoms with Gasteiger partial charge in [0, 0.05) is 25.7 Å². The van der Waals surface area contributed by atoms with E-state index in [1.807, 2.05) is 7.05 Å². The molecule has 12 heavy (non-hydrogen) atoms.